The maximum absolute atomic E-state index is 16.3. The average Bonchev–Trinajstić information content (AvgIpc) is 3.44. The molecule has 0 aliphatic heterocycles. The molecule has 0 radical (unpaired) electrons. The second-order valence-corrected chi connectivity index (χ2v) is 24.8. The van der Waals surface area contributed by atoms with Gasteiger partial charge in [0.15, 0.2) is 11.6 Å². The van der Waals surface area contributed by atoms with Crippen LogP contribution in [-0.4, -0.2) is 53.6 Å². The number of nitrogens with zero attached hydrogens (tertiary/aromatic N) is 5. The summed E-state index contributed by atoms with van der Waals surface area (Å²) in [5, 5.41) is 16.3. The van der Waals surface area contributed by atoms with Gasteiger partial charge in [0.2, 0.25) is 5.82 Å². The van der Waals surface area contributed by atoms with Gasteiger partial charge in [-0.1, -0.05) is 45.3 Å². The molecule has 2 aromatic heterocycles. The van der Waals surface area contributed by atoms with Crippen molar-refractivity contribution in [2.75, 3.05) is 13.2 Å². The average molecular weight is 699 g/mol. The molecule has 15 heteroatoms. The molecule has 43 heavy (non-hydrogen) atoms. The second-order valence-electron chi connectivity index (χ2n) is 12.7. The van der Waals surface area contributed by atoms with Crippen molar-refractivity contribution in [1.82, 2.24) is 19.3 Å². The van der Waals surface area contributed by atoms with E-state index in [0.717, 1.165) is 18.2 Å². The largest absolute Gasteiger partial charge is 0.361 e. The molecule has 9 nitrogen and oxygen atoms in total. The smallest absolute Gasteiger partial charge is 0.305 e. The van der Waals surface area contributed by atoms with Crippen molar-refractivity contribution in [2.24, 2.45) is 0 Å². The van der Waals surface area contributed by atoms with Crippen molar-refractivity contribution in [3.05, 3.63) is 62.6 Å². The first-order chi connectivity index (χ1) is 20.1. The fourth-order valence-corrected chi connectivity index (χ4v) is 6.23. The molecule has 0 spiro atoms. The van der Waals surface area contributed by atoms with Gasteiger partial charge in [-0.15, -0.1) is 0 Å². The lowest BCUT2D eigenvalue weighted by atomic mass is 10.0. The van der Waals surface area contributed by atoms with Gasteiger partial charge in [0.1, 0.15) is 35.1 Å². The highest BCUT2D eigenvalue weighted by molar-refractivity contribution is 9.10. The third-order valence-corrected chi connectivity index (χ3v) is 10.9. The second kappa shape index (κ2) is 13.0. The third-order valence-electron chi connectivity index (χ3n) is 6.83. The van der Waals surface area contributed by atoms with Gasteiger partial charge in [0.05, 0.1) is 16.7 Å². The van der Waals surface area contributed by atoms with E-state index in [4.69, 9.17) is 9.47 Å². The maximum Gasteiger partial charge on any atom is 0.305 e. The summed E-state index contributed by atoms with van der Waals surface area (Å²) in [5.74, 6) is -3.19. The molecule has 0 fully saturated rings. The first kappa shape index (κ1) is 33.0. The molecule has 0 aliphatic carbocycles. The molecule has 0 bridgehead atoms. The van der Waals surface area contributed by atoms with Gasteiger partial charge < -0.3 is 9.47 Å². The third kappa shape index (κ3) is 7.63. The van der Waals surface area contributed by atoms with Crippen LogP contribution in [0.3, 0.4) is 0 Å². The molecule has 4 aromatic rings. The molecule has 4 rings (SSSR count). The first-order valence-electron chi connectivity index (χ1n) is 13.8. The quantitative estimate of drug-likeness (QED) is 0.0604. The predicted molar refractivity (Wildman–Crippen MR) is 169 cm³/mol. The van der Waals surface area contributed by atoms with E-state index in [-0.39, 0.29) is 19.0 Å². The molecule has 2 aromatic carbocycles. The Bertz CT molecular complexity index is 1650. The molecule has 0 saturated heterocycles. The Morgan fingerprint density at radius 1 is 0.930 bits per heavy atom. The minimum absolute atomic E-state index is 0.0730. The molecule has 0 atom stereocenters. The number of benzene rings is 2. The van der Waals surface area contributed by atoms with Crippen molar-refractivity contribution >= 4 is 48.7 Å². The SMILES string of the molecule is C[Si](C)(C)CCOCn1c(Br)cnc1-c1nn(COCC[Si](C)(C)C)c2c(F)c(-c3c(F)ccc([N+](=O)[O-])c3F)ccc12. The molecule has 0 amide bonds. The fourth-order valence-electron chi connectivity index (χ4n) is 4.34. The topological polar surface area (TPSA) is 97.2 Å². The summed E-state index contributed by atoms with van der Waals surface area (Å²) in [7, 11) is -2.73. The van der Waals surface area contributed by atoms with Crippen LogP contribution >= 0.6 is 15.9 Å². The normalized spacial score (nSPS) is 12.4. The van der Waals surface area contributed by atoms with Gasteiger partial charge in [-0.3, -0.25) is 14.7 Å². The molecule has 0 saturated carbocycles. The Labute approximate surface area is 258 Å². The molecular formula is C28H35BrF3N5O4Si2. The van der Waals surface area contributed by atoms with Crippen LogP contribution in [0.2, 0.25) is 51.4 Å². The van der Waals surface area contributed by atoms with Crippen molar-refractivity contribution in [3.63, 3.8) is 0 Å². The van der Waals surface area contributed by atoms with Gasteiger partial charge in [-0.25, -0.2) is 18.4 Å². The monoisotopic (exact) mass is 697 g/mol. The summed E-state index contributed by atoms with van der Waals surface area (Å²) in [4.78, 5) is 14.8. The van der Waals surface area contributed by atoms with Crippen molar-refractivity contribution in [1.29, 1.82) is 0 Å². The Hall–Kier alpha value is -2.86. The van der Waals surface area contributed by atoms with Crippen molar-refractivity contribution < 1.29 is 27.6 Å². The minimum Gasteiger partial charge on any atom is -0.361 e. The number of imidazole rings is 1. The minimum atomic E-state index is -1.46. The predicted octanol–water partition coefficient (Wildman–Crippen LogP) is 8.28. The highest BCUT2D eigenvalue weighted by Gasteiger charge is 2.28. The standard InChI is InChI=1S/C28H35BrF3N5O4Si2/c1-42(2,3)13-11-40-16-35-22(29)15-33-28(35)26-19-8-7-18(23-20(30)9-10-21(25(23)32)37(38)39)24(31)27(19)36(34-26)17-41-12-14-43(4,5)6/h7-10,15H,11-14,16-17H2,1-6H3. The van der Waals surface area contributed by atoms with Crippen LogP contribution in [0.25, 0.3) is 33.5 Å². The molecule has 0 aliphatic rings. The van der Waals surface area contributed by atoms with Crippen LogP contribution in [0.1, 0.15) is 0 Å². The van der Waals surface area contributed by atoms with Crippen LogP contribution < -0.4 is 0 Å². The highest BCUT2D eigenvalue weighted by Crippen LogP contribution is 2.38. The van der Waals surface area contributed by atoms with Crippen LogP contribution in [0.5, 0.6) is 0 Å². The molecule has 232 valence electrons. The number of nitro groups is 1. The molecule has 0 unspecified atom stereocenters. The van der Waals surface area contributed by atoms with Crippen molar-refractivity contribution in [2.45, 2.75) is 64.8 Å². The number of hydrogen-bond acceptors (Lipinski definition) is 6. The number of nitro benzene ring substituents is 1. The first-order valence-corrected chi connectivity index (χ1v) is 22.0. The van der Waals surface area contributed by atoms with E-state index in [1.54, 1.807) is 10.8 Å². The summed E-state index contributed by atoms with van der Waals surface area (Å²) < 4.78 is 61.8. The number of hydrogen-bond donors (Lipinski definition) is 0. The zero-order valence-corrected chi connectivity index (χ0v) is 28.6. The van der Waals surface area contributed by atoms with Gasteiger partial charge in [0.25, 0.3) is 0 Å². The number of rotatable bonds is 13. The van der Waals surface area contributed by atoms with Gasteiger partial charge in [-0.05, 0) is 40.2 Å². The Kier molecular flexibility index (Phi) is 10.0. The van der Waals surface area contributed by atoms with E-state index in [1.807, 2.05) is 0 Å². The number of ether oxygens (including phenoxy) is 2. The van der Waals surface area contributed by atoms with Crippen molar-refractivity contribution in [3.8, 4) is 22.6 Å². The highest BCUT2D eigenvalue weighted by atomic mass is 79.9. The van der Waals surface area contributed by atoms with E-state index in [2.05, 4.69) is 65.3 Å². The van der Waals surface area contributed by atoms with Gasteiger partial charge >= 0.3 is 5.69 Å². The fraction of sp³-hybridized carbons (Fsp3) is 0.429. The van der Waals surface area contributed by atoms with Crippen LogP contribution in [0.15, 0.2) is 35.1 Å². The van der Waals surface area contributed by atoms with Gasteiger partial charge in [0, 0.05) is 46.4 Å². The van der Waals surface area contributed by atoms with E-state index in [0.29, 0.717) is 40.8 Å². The molecule has 2 heterocycles. The lowest BCUT2D eigenvalue weighted by Crippen LogP contribution is -2.22. The van der Waals surface area contributed by atoms with E-state index in [9.17, 15) is 14.5 Å². The lowest BCUT2D eigenvalue weighted by molar-refractivity contribution is -0.387. The zero-order valence-electron chi connectivity index (χ0n) is 25.0. The lowest BCUT2D eigenvalue weighted by Gasteiger charge is -2.16. The van der Waals surface area contributed by atoms with Crippen LogP contribution in [-0.2, 0) is 22.9 Å². The summed E-state index contributed by atoms with van der Waals surface area (Å²) in [5.41, 5.74) is -2.02. The maximum atomic E-state index is 16.3. The van der Waals surface area contributed by atoms with E-state index in [1.165, 1.54) is 16.8 Å². The summed E-state index contributed by atoms with van der Waals surface area (Å²) in [6.07, 6.45) is 1.59. The number of halogens is 4. The summed E-state index contributed by atoms with van der Waals surface area (Å²) in [6.45, 7) is 14.4. The Morgan fingerprint density at radius 2 is 1.56 bits per heavy atom. The molecule has 0 N–H and O–H groups in total. The summed E-state index contributed by atoms with van der Waals surface area (Å²) >= 11 is 3.50. The number of aromatic nitrogens is 4. The number of fused-ring (bicyclic) bond motifs is 1. The van der Waals surface area contributed by atoms with E-state index < -0.39 is 55.3 Å². The molecular weight excluding hydrogens is 663 g/mol. The van der Waals surface area contributed by atoms with Gasteiger partial charge in [-0.2, -0.15) is 9.49 Å². The Balaban J connectivity index is 1.82. The van der Waals surface area contributed by atoms with E-state index >= 15 is 8.78 Å². The van der Waals surface area contributed by atoms with Crippen LogP contribution in [0, 0.1) is 27.6 Å². The Morgan fingerprint density at radius 3 is 2.16 bits per heavy atom. The summed E-state index contributed by atoms with van der Waals surface area (Å²) in [6, 6.07) is 5.97. The van der Waals surface area contributed by atoms with Crippen LogP contribution in [0.4, 0.5) is 18.9 Å². The zero-order chi connectivity index (χ0) is 31.7.